The molecule has 17 heavy (non-hydrogen) atoms. The topological polar surface area (TPSA) is 45.2 Å². The number of fused-ring (bicyclic) bond motifs is 1. The van der Waals surface area contributed by atoms with Gasteiger partial charge in [-0.3, -0.25) is 4.79 Å². The Morgan fingerprint density at radius 3 is 2.94 bits per heavy atom. The van der Waals surface area contributed by atoms with Crippen LogP contribution in [0, 0.1) is 0 Å². The lowest BCUT2D eigenvalue weighted by molar-refractivity contribution is -0.115. The molecule has 5 heteroatoms. The van der Waals surface area contributed by atoms with E-state index in [0.29, 0.717) is 12.6 Å². The van der Waals surface area contributed by atoms with E-state index in [0.717, 1.165) is 16.0 Å². The molecule has 0 aromatic carbocycles. The van der Waals surface area contributed by atoms with E-state index in [9.17, 15) is 4.79 Å². The number of nitrogens with zero attached hydrogens (tertiary/aromatic N) is 2. The Kier molecular flexibility index (Phi) is 2.78. The highest BCUT2D eigenvalue weighted by Crippen LogP contribution is 2.34. The molecule has 0 radical (unpaired) electrons. The Balaban J connectivity index is 1.98. The molecule has 0 saturated heterocycles. The van der Waals surface area contributed by atoms with Crippen molar-refractivity contribution in [1.29, 1.82) is 0 Å². The van der Waals surface area contributed by atoms with Gasteiger partial charge in [-0.1, -0.05) is 12.8 Å². The predicted molar refractivity (Wildman–Crippen MR) is 70.2 cm³/mol. The van der Waals surface area contributed by atoms with Crippen LogP contribution in [0.4, 0.5) is 11.5 Å². The van der Waals surface area contributed by atoms with Crippen molar-refractivity contribution < 1.29 is 4.79 Å². The van der Waals surface area contributed by atoms with Crippen LogP contribution in [0.3, 0.4) is 0 Å². The number of anilines is 2. The largest absolute Gasteiger partial charge is 0.343 e. The number of amides is 1. The van der Waals surface area contributed by atoms with Gasteiger partial charge in [0.25, 0.3) is 0 Å². The lowest BCUT2D eigenvalue weighted by Gasteiger charge is -2.34. The van der Waals surface area contributed by atoms with Crippen LogP contribution in [0.2, 0.25) is 0 Å². The number of pyridine rings is 1. The Bertz CT molecular complexity index is 457. The monoisotopic (exact) mass is 295 g/mol. The molecule has 0 bridgehead atoms. The van der Waals surface area contributed by atoms with Crippen LogP contribution in [-0.2, 0) is 4.79 Å². The van der Waals surface area contributed by atoms with Crippen molar-refractivity contribution >= 4 is 33.3 Å². The third-order valence-corrected chi connectivity index (χ3v) is 3.89. The van der Waals surface area contributed by atoms with Crippen molar-refractivity contribution in [3.63, 3.8) is 0 Å². The fourth-order valence-electron chi connectivity index (χ4n) is 2.69. The van der Waals surface area contributed by atoms with Crippen LogP contribution in [0.25, 0.3) is 0 Å². The molecule has 1 N–H and O–H groups in total. The van der Waals surface area contributed by atoms with Crippen LogP contribution in [0.15, 0.2) is 16.7 Å². The molecular formula is C12H14BrN3O. The van der Waals surface area contributed by atoms with Crippen LogP contribution in [0.5, 0.6) is 0 Å². The number of carbonyl (C=O) groups is 1. The normalized spacial score (nSPS) is 20.3. The first-order valence-corrected chi connectivity index (χ1v) is 6.75. The molecule has 1 amide bonds. The average Bonchev–Trinajstić information content (AvgIpc) is 2.80. The number of halogens is 1. The maximum atomic E-state index is 11.7. The molecule has 1 aromatic heterocycles. The van der Waals surface area contributed by atoms with Crippen molar-refractivity contribution in [1.82, 2.24) is 4.98 Å². The van der Waals surface area contributed by atoms with Crippen molar-refractivity contribution in [3.05, 3.63) is 16.7 Å². The van der Waals surface area contributed by atoms with Crippen molar-refractivity contribution in [3.8, 4) is 0 Å². The SMILES string of the molecule is O=C1CN(C2CCCC2)c2ncc(Br)cc2N1. The summed E-state index contributed by atoms with van der Waals surface area (Å²) in [4.78, 5) is 18.3. The van der Waals surface area contributed by atoms with Crippen molar-refractivity contribution in [2.45, 2.75) is 31.7 Å². The number of nitrogens with one attached hydrogen (secondary N) is 1. The van der Waals surface area contributed by atoms with Gasteiger partial charge in [0.2, 0.25) is 5.91 Å². The van der Waals surface area contributed by atoms with Gasteiger partial charge in [0.1, 0.15) is 0 Å². The van der Waals surface area contributed by atoms with E-state index in [2.05, 4.69) is 31.1 Å². The Hall–Kier alpha value is -1.10. The Morgan fingerprint density at radius 1 is 1.41 bits per heavy atom. The van der Waals surface area contributed by atoms with Crippen molar-refractivity contribution in [2.24, 2.45) is 0 Å². The molecule has 0 atom stereocenters. The molecule has 4 nitrogen and oxygen atoms in total. The van der Waals surface area contributed by atoms with E-state index < -0.39 is 0 Å². The molecule has 0 spiro atoms. The maximum Gasteiger partial charge on any atom is 0.244 e. The smallest absolute Gasteiger partial charge is 0.244 e. The predicted octanol–water partition coefficient (Wildman–Crippen LogP) is 2.55. The maximum absolute atomic E-state index is 11.7. The number of hydrogen-bond donors (Lipinski definition) is 1. The summed E-state index contributed by atoms with van der Waals surface area (Å²) in [6.45, 7) is 0.437. The summed E-state index contributed by atoms with van der Waals surface area (Å²) in [7, 11) is 0. The number of carbonyl (C=O) groups excluding carboxylic acids is 1. The summed E-state index contributed by atoms with van der Waals surface area (Å²) in [5, 5.41) is 2.88. The highest BCUT2D eigenvalue weighted by molar-refractivity contribution is 9.10. The summed E-state index contributed by atoms with van der Waals surface area (Å²) < 4.78 is 0.893. The molecule has 2 heterocycles. The van der Waals surface area contributed by atoms with E-state index in [1.54, 1.807) is 6.20 Å². The molecule has 90 valence electrons. The van der Waals surface area contributed by atoms with E-state index in [1.165, 1.54) is 25.7 Å². The van der Waals surface area contributed by atoms with Gasteiger partial charge >= 0.3 is 0 Å². The Labute approximate surface area is 109 Å². The van der Waals surface area contributed by atoms with Gasteiger partial charge in [0, 0.05) is 16.7 Å². The number of rotatable bonds is 1. The highest BCUT2D eigenvalue weighted by Gasteiger charge is 2.30. The van der Waals surface area contributed by atoms with Crippen molar-refractivity contribution in [2.75, 3.05) is 16.8 Å². The zero-order valence-electron chi connectivity index (χ0n) is 9.45. The molecule has 1 aliphatic carbocycles. The molecule has 3 rings (SSSR count). The van der Waals surface area contributed by atoms with Crippen LogP contribution >= 0.6 is 15.9 Å². The summed E-state index contributed by atoms with van der Waals surface area (Å²) in [5.74, 6) is 0.976. The molecular weight excluding hydrogens is 282 g/mol. The second kappa shape index (κ2) is 4.29. The first-order chi connectivity index (χ1) is 8.24. The highest BCUT2D eigenvalue weighted by atomic mass is 79.9. The Morgan fingerprint density at radius 2 is 2.18 bits per heavy atom. The van der Waals surface area contributed by atoms with Gasteiger partial charge in [-0.15, -0.1) is 0 Å². The quantitative estimate of drug-likeness (QED) is 0.866. The van der Waals surface area contributed by atoms with Gasteiger partial charge < -0.3 is 10.2 Å². The molecule has 1 aromatic rings. The molecule has 2 aliphatic rings. The van der Waals surface area contributed by atoms with Crippen LogP contribution in [0.1, 0.15) is 25.7 Å². The van der Waals surface area contributed by atoms with Crippen LogP contribution < -0.4 is 10.2 Å². The molecule has 1 aliphatic heterocycles. The minimum Gasteiger partial charge on any atom is -0.343 e. The zero-order chi connectivity index (χ0) is 11.8. The van der Waals surface area contributed by atoms with E-state index >= 15 is 0 Å². The minimum atomic E-state index is 0.0595. The fraction of sp³-hybridized carbons (Fsp3) is 0.500. The van der Waals surface area contributed by atoms with Gasteiger partial charge in [-0.25, -0.2) is 4.98 Å². The molecule has 1 saturated carbocycles. The fourth-order valence-corrected chi connectivity index (χ4v) is 3.02. The lowest BCUT2D eigenvalue weighted by Crippen LogP contribution is -2.44. The van der Waals surface area contributed by atoms with Crippen LogP contribution in [-0.4, -0.2) is 23.5 Å². The van der Waals surface area contributed by atoms with Gasteiger partial charge in [0.15, 0.2) is 5.82 Å². The van der Waals surface area contributed by atoms with E-state index in [4.69, 9.17) is 0 Å². The van der Waals surface area contributed by atoms with Gasteiger partial charge in [-0.05, 0) is 34.8 Å². The third kappa shape index (κ3) is 2.04. The summed E-state index contributed by atoms with van der Waals surface area (Å²) in [6, 6.07) is 2.40. The molecule has 0 unspecified atom stereocenters. The van der Waals surface area contributed by atoms with E-state index in [1.807, 2.05) is 6.07 Å². The second-order valence-corrected chi connectivity index (χ2v) is 5.55. The second-order valence-electron chi connectivity index (χ2n) is 4.64. The lowest BCUT2D eigenvalue weighted by atomic mass is 10.1. The minimum absolute atomic E-state index is 0.0595. The zero-order valence-corrected chi connectivity index (χ0v) is 11.0. The summed E-state index contributed by atoms with van der Waals surface area (Å²) in [6.07, 6.45) is 6.65. The summed E-state index contributed by atoms with van der Waals surface area (Å²) >= 11 is 3.38. The standard InChI is InChI=1S/C12H14BrN3O/c13-8-5-10-12(14-6-8)16(7-11(17)15-10)9-3-1-2-4-9/h5-6,9H,1-4,7H2,(H,15,17). The first kappa shape index (κ1) is 11.0. The van der Waals surface area contributed by atoms with Gasteiger partial charge in [0.05, 0.1) is 12.2 Å². The molecule has 1 fully saturated rings. The first-order valence-electron chi connectivity index (χ1n) is 5.96. The average molecular weight is 296 g/mol. The number of aromatic nitrogens is 1. The number of hydrogen-bond acceptors (Lipinski definition) is 3. The van der Waals surface area contributed by atoms with Gasteiger partial charge in [-0.2, -0.15) is 0 Å². The van der Waals surface area contributed by atoms with E-state index in [-0.39, 0.29) is 5.91 Å². The summed E-state index contributed by atoms with van der Waals surface area (Å²) in [5.41, 5.74) is 0.822. The third-order valence-electron chi connectivity index (χ3n) is 3.46.